The Hall–Kier alpha value is -2.43. The van der Waals surface area contributed by atoms with Crippen molar-refractivity contribution >= 4 is 12.2 Å². The van der Waals surface area contributed by atoms with Gasteiger partial charge in [0, 0.05) is 14.1 Å². The molecule has 0 aromatic heterocycles. The first-order valence-electron chi connectivity index (χ1n) is 5.68. The van der Waals surface area contributed by atoms with Crippen LogP contribution in [0.1, 0.15) is 13.8 Å². The fourth-order valence-corrected chi connectivity index (χ4v) is 1.18. The summed E-state index contributed by atoms with van der Waals surface area (Å²) in [5.74, 6) is 0.106. The van der Waals surface area contributed by atoms with Gasteiger partial charge in [0.2, 0.25) is 0 Å². The van der Waals surface area contributed by atoms with Crippen molar-refractivity contribution in [3.63, 3.8) is 0 Å². The first kappa shape index (κ1) is 16.6. The summed E-state index contributed by atoms with van der Waals surface area (Å²) in [4.78, 5) is 23.9. The number of carbonyl (C=O) groups is 2. The summed E-state index contributed by atoms with van der Waals surface area (Å²) in [5.41, 5.74) is -0.142. The molecule has 0 aromatic rings. The number of nitrogens with zero attached hydrogens (tertiary/aromatic N) is 2. The Kier molecular flexibility index (Phi) is 7.53. The molecule has 0 unspecified atom stereocenters. The van der Waals surface area contributed by atoms with Gasteiger partial charge in [-0.05, 0) is 13.8 Å². The summed E-state index contributed by atoms with van der Waals surface area (Å²) in [6, 6.07) is 1.78. The molecule has 0 aliphatic rings. The molecule has 0 spiro atoms. The Labute approximate surface area is 112 Å². The molecule has 0 heterocycles. The lowest BCUT2D eigenvalue weighted by molar-refractivity contribution is 0.123. The molecular formula is C11H18N4O4. The van der Waals surface area contributed by atoms with Crippen molar-refractivity contribution in [1.82, 2.24) is 15.5 Å². The largest absolute Gasteiger partial charge is 0.450 e. The van der Waals surface area contributed by atoms with Crippen LogP contribution in [0.15, 0.2) is 11.5 Å². The van der Waals surface area contributed by atoms with E-state index in [1.165, 1.54) is 14.1 Å². The van der Waals surface area contributed by atoms with Crippen LogP contribution in [0, 0.1) is 11.3 Å². The van der Waals surface area contributed by atoms with Crippen molar-refractivity contribution in [1.29, 1.82) is 5.26 Å². The molecular weight excluding hydrogens is 252 g/mol. The monoisotopic (exact) mass is 270 g/mol. The summed E-state index contributed by atoms with van der Waals surface area (Å²) in [6.45, 7) is 3.68. The second-order valence-corrected chi connectivity index (χ2v) is 3.19. The van der Waals surface area contributed by atoms with Crippen molar-refractivity contribution in [3.05, 3.63) is 11.5 Å². The van der Waals surface area contributed by atoms with Crippen LogP contribution >= 0.6 is 0 Å². The molecule has 2 N–H and O–H groups in total. The zero-order valence-electron chi connectivity index (χ0n) is 11.4. The second-order valence-electron chi connectivity index (χ2n) is 3.19. The SMILES string of the molecule is CCOC(=O)N/C(C#N)=C(\NC)N(C)C(=O)OCC. The molecule has 106 valence electrons. The summed E-state index contributed by atoms with van der Waals surface area (Å²) in [5, 5.41) is 13.9. The summed E-state index contributed by atoms with van der Waals surface area (Å²) in [6.07, 6.45) is -1.42. The average molecular weight is 270 g/mol. The molecule has 0 rings (SSSR count). The van der Waals surface area contributed by atoms with Crippen molar-refractivity contribution < 1.29 is 19.1 Å². The highest BCUT2D eigenvalue weighted by molar-refractivity contribution is 5.73. The summed E-state index contributed by atoms with van der Waals surface area (Å²) in [7, 11) is 2.92. The van der Waals surface area contributed by atoms with Gasteiger partial charge >= 0.3 is 12.2 Å². The normalized spacial score (nSPS) is 10.7. The zero-order valence-corrected chi connectivity index (χ0v) is 11.4. The van der Waals surface area contributed by atoms with Gasteiger partial charge in [-0.2, -0.15) is 5.26 Å². The third-order valence-corrected chi connectivity index (χ3v) is 1.96. The van der Waals surface area contributed by atoms with E-state index in [0.717, 1.165) is 4.90 Å². The number of amides is 2. The molecule has 0 bridgehead atoms. The van der Waals surface area contributed by atoms with Crippen LogP contribution in [0.3, 0.4) is 0 Å². The van der Waals surface area contributed by atoms with Gasteiger partial charge in [-0.3, -0.25) is 10.2 Å². The van der Waals surface area contributed by atoms with Crippen LogP contribution in [-0.4, -0.2) is 44.4 Å². The molecule has 8 nitrogen and oxygen atoms in total. The first-order chi connectivity index (χ1) is 9.01. The number of nitriles is 1. The third kappa shape index (κ3) is 5.16. The lowest BCUT2D eigenvalue weighted by atomic mass is 10.4. The molecule has 0 aliphatic heterocycles. The lowest BCUT2D eigenvalue weighted by Gasteiger charge is -2.20. The molecule has 19 heavy (non-hydrogen) atoms. The van der Waals surface area contributed by atoms with Crippen molar-refractivity contribution in [2.75, 3.05) is 27.3 Å². The Morgan fingerprint density at radius 2 is 1.84 bits per heavy atom. The predicted octanol–water partition coefficient (Wildman–Crippen LogP) is 0.733. The summed E-state index contributed by atoms with van der Waals surface area (Å²) < 4.78 is 9.45. The minimum absolute atomic E-state index is 0.106. The fourth-order valence-electron chi connectivity index (χ4n) is 1.18. The number of carbonyl (C=O) groups excluding carboxylic acids is 2. The standard InChI is InChI=1S/C11H18N4O4/c1-5-18-10(16)14-8(7-12)9(13-3)15(4)11(17)19-6-2/h13H,5-6H2,1-4H3,(H,14,16)/b9-8+. The van der Waals surface area contributed by atoms with E-state index in [1.807, 2.05) is 0 Å². The van der Waals surface area contributed by atoms with Gasteiger partial charge in [-0.1, -0.05) is 0 Å². The number of ether oxygens (including phenoxy) is 2. The maximum absolute atomic E-state index is 11.6. The molecule has 0 radical (unpaired) electrons. The zero-order chi connectivity index (χ0) is 14.8. The maximum Gasteiger partial charge on any atom is 0.415 e. The van der Waals surface area contributed by atoms with Crippen LogP contribution < -0.4 is 10.6 Å². The van der Waals surface area contributed by atoms with E-state index in [0.29, 0.717) is 0 Å². The van der Waals surface area contributed by atoms with Crippen LogP contribution in [0.4, 0.5) is 9.59 Å². The molecule has 0 atom stereocenters. The van der Waals surface area contributed by atoms with E-state index < -0.39 is 12.2 Å². The van der Waals surface area contributed by atoms with Crippen molar-refractivity contribution in [2.45, 2.75) is 13.8 Å². The minimum Gasteiger partial charge on any atom is -0.450 e. The lowest BCUT2D eigenvalue weighted by Crippen LogP contribution is -2.37. The fraction of sp³-hybridized carbons (Fsp3) is 0.545. The number of hydrogen-bond donors (Lipinski definition) is 2. The van der Waals surface area contributed by atoms with E-state index in [2.05, 4.69) is 15.4 Å². The Morgan fingerprint density at radius 3 is 2.26 bits per heavy atom. The molecule has 0 aliphatic carbocycles. The predicted molar refractivity (Wildman–Crippen MR) is 66.6 cm³/mol. The third-order valence-electron chi connectivity index (χ3n) is 1.96. The van der Waals surface area contributed by atoms with Gasteiger partial charge in [0.05, 0.1) is 13.2 Å². The number of rotatable bonds is 5. The molecule has 0 aromatic carbocycles. The Balaban J connectivity index is 5.11. The molecule has 0 saturated heterocycles. The molecule has 0 fully saturated rings. The minimum atomic E-state index is -0.774. The Bertz CT molecular complexity index is 400. The number of alkyl carbamates (subject to hydrolysis) is 1. The number of hydrogen-bond acceptors (Lipinski definition) is 6. The van der Waals surface area contributed by atoms with E-state index in [9.17, 15) is 9.59 Å². The topological polar surface area (TPSA) is 104 Å². The molecule has 8 heteroatoms. The smallest absolute Gasteiger partial charge is 0.415 e. The second kappa shape index (κ2) is 8.63. The van der Waals surface area contributed by atoms with Crippen LogP contribution in [0.5, 0.6) is 0 Å². The van der Waals surface area contributed by atoms with Gasteiger partial charge in [0.15, 0.2) is 5.70 Å². The van der Waals surface area contributed by atoms with Crippen LogP contribution in [0.25, 0.3) is 0 Å². The quantitative estimate of drug-likeness (QED) is 0.714. The molecule has 2 amide bonds. The van der Waals surface area contributed by atoms with Gasteiger partial charge < -0.3 is 14.8 Å². The van der Waals surface area contributed by atoms with Crippen molar-refractivity contribution in [3.8, 4) is 6.07 Å². The van der Waals surface area contributed by atoms with Crippen molar-refractivity contribution in [2.24, 2.45) is 0 Å². The van der Waals surface area contributed by atoms with E-state index in [4.69, 9.17) is 10.00 Å². The first-order valence-corrected chi connectivity index (χ1v) is 5.68. The van der Waals surface area contributed by atoms with E-state index in [-0.39, 0.29) is 24.7 Å². The summed E-state index contributed by atoms with van der Waals surface area (Å²) >= 11 is 0. The van der Waals surface area contributed by atoms with Gasteiger partial charge in [0.1, 0.15) is 11.9 Å². The molecule has 0 saturated carbocycles. The van der Waals surface area contributed by atoms with E-state index in [1.54, 1.807) is 19.9 Å². The maximum atomic E-state index is 11.6. The highest BCUT2D eigenvalue weighted by Gasteiger charge is 2.19. The van der Waals surface area contributed by atoms with Gasteiger partial charge in [-0.25, -0.2) is 9.59 Å². The number of allylic oxidation sites excluding steroid dienone is 1. The highest BCUT2D eigenvalue weighted by atomic mass is 16.6. The highest BCUT2D eigenvalue weighted by Crippen LogP contribution is 2.05. The van der Waals surface area contributed by atoms with Gasteiger partial charge in [-0.15, -0.1) is 0 Å². The Morgan fingerprint density at radius 1 is 1.26 bits per heavy atom. The van der Waals surface area contributed by atoms with E-state index >= 15 is 0 Å². The average Bonchev–Trinajstić information content (AvgIpc) is 2.38. The van der Waals surface area contributed by atoms with Crippen LogP contribution in [0.2, 0.25) is 0 Å². The van der Waals surface area contributed by atoms with Crippen LogP contribution in [-0.2, 0) is 9.47 Å². The number of nitrogens with one attached hydrogen (secondary N) is 2. The van der Waals surface area contributed by atoms with Gasteiger partial charge in [0.25, 0.3) is 0 Å².